The standard InChI is InChI=1S/C47H29N3O/c1-3-12-32(13-4-1)40-29-42-41-28-36(25-26-43(41)51-44(42)39-18-10-9-17-38(39)40)31-19-22-34(23-20-31)46-48-45(33-14-5-2-6-15-33)49-47(50-46)37-24-21-30-11-7-8-16-35(30)27-37/h1-29H. The summed E-state index contributed by atoms with van der Waals surface area (Å²) in [7, 11) is 0. The monoisotopic (exact) mass is 651 g/mol. The van der Waals surface area contributed by atoms with E-state index in [2.05, 4.69) is 146 Å². The molecule has 10 rings (SSSR count). The maximum atomic E-state index is 6.52. The highest BCUT2D eigenvalue weighted by Crippen LogP contribution is 2.41. The summed E-state index contributed by atoms with van der Waals surface area (Å²) < 4.78 is 6.52. The van der Waals surface area contributed by atoms with Crippen LogP contribution in [0.2, 0.25) is 0 Å². The fourth-order valence-electron chi connectivity index (χ4n) is 7.12. The largest absolute Gasteiger partial charge is 0.455 e. The molecule has 4 heteroatoms. The average molecular weight is 652 g/mol. The molecular weight excluding hydrogens is 623 g/mol. The van der Waals surface area contributed by atoms with Crippen molar-refractivity contribution in [2.24, 2.45) is 0 Å². The minimum Gasteiger partial charge on any atom is -0.455 e. The van der Waals surface area contributed by atoms with Gasteiger partial charge in [0.15, 0.2) is 17.5 Å². The highest BCUT2D eigenvalue weighted by atomic mass is 16.3. The van der Waals surface area contributed by atoms with E-state index in [0.29, 0.717) is 17.5 Å². The second kappa shape index (κ2) is 11.9. The van der Waals surface area contributed by atoms with E-state index in [1.165, 1.54) is 21.9 Å². The Morgan fingerprint density at radius 2 is 0.863 bits per heavy atom. The van der Waals surface area contributed by atoms with Gasteiger partial charge in [0.05, 0.1) is 0 Å². The SMILES string of the molecule is c1ccc(-c2nc(-c3ccc(-c4ccc5oc6c7ccccc7c(-c7ccccc7)cc6c5c4)cc3)nc(-c3ccc4ccccc4c3)n2)cc1. The van der Waals surface area contributed by atoms with Gasteiger partial charge in [0, 0.05) is 32.8 Å². The molecule has 0 atom stereocenters. The summed E-state index contributed by atoms with van der Waals surface area (Å²) in [6, 6.07) is 61.1. The van der Waals surface area contributed by atoms with Gasteiger partial charge in [-0.25, -0.2) is 15.0 Å². The molecule has 0 bridgehead atoms. The number of benzene rings is 8. The molecule has 2 aromatic heterocycles. The number of aromatic nitrogens is 3. The van der Waals surface area contributed by atoms with Crippen LogP contribution in [0.25, 0.3) is 99.9 Å². The van der Waals surface area contributed by atoms with E-state index in [9.17, 15) is 0 Å². The lowest BCUT2D eigenvalue weighted by molar-refractivity contribution is 0.673. The molecule has 0 saturated heterocycles. The van der Waals surface area contributed by atoms with Crippen molar-refractivity contribution in [3.05, 3.63) is 176 Å². The van der Waals surface area contributed by atoms with Crippen LogP contribution in [0.4, 0.5) is 0 Å². The number of furan rings is 1. The Balaban J connectivity index is 1.07. The zero-order valence-electron chi connectivity index (χ0n) is 27.5. The van der Waals surface area contributed by atoms with Gasteiger partial charge in [0.1, 0.15) is 11.2 Å². The summed E-state index contributed by atoms with van der Waals surface area (Å²) in [5, 5.41) is 6.84. The van der Waals surface area contributed by atoms with Gasteiger partial charge in [-0.1, -0.05) is 152 Å². The molecule has 51 heavy (non-hydrogen) atoms. The van der Waals surface area contributed by atoms with Crippen LogP contribution < -0.4 is 0 Å². The van der Waals surface area contributed by atoms with Crippen LogP contribution in [-0.4, -0.2) is 15.0 Å². The van der Waals surface area contributed by atoms with Crippen LogP contribution in [-0.2, 0) is 0 Å². The van der Waals surface area contributed by atoms with Crippen LogP contribution in [0.15, 0.2) is 180 Å². The second-order valence-corrected chi connectivity index (χ2v) is 12.8. The molecule has 10 aromatic rings. The highest BCUT2D eigenvalue weighted by molar-refractivity contribution is 6.19. The van der Waals surface area contributed by atoms with Crippen molar-refractivity contribution in [1.82, 2.24) is 15.0 Å². The maximum absolute atomic E-state index is 6.52. The smallest absolute Gasteiger partial charge is 0.164 e. The Bertz CT molecular complexity index is 2900. The quantitative estimate of drug-likeness (QED) is 0.186. The molecule has 0 fully saturated rings. The second-order valence-electron chi connectivity index (χ2n) is 12.8. The van der Waals surface area contributed by atoms with Gasteiger partial charge in [0.25, 0.3) is 0 Å². The van der Waals surface area contributed by atoms with Gasteiger partial charge in [-0.3, -0.25) is 0 Å². The van der Waals surface area contributed by atoms with Gasteiger partial charge in [-0.15, -0.1) is 0 Å². The lowest BCUT2D eigenvalue weighted by Gasteiger charge is -2.10. The first-order valence-electron chi connectivity index (χ1n) is 17.1. The predicted molar refractivity (Wildman–Crippen MR) is 209 cm³/mol. The normalized spacial score (nSPS) is 11.5. The molecule has 0 aliphatic rings. The summed E-state index contributed by atoms with van der Waals surface area (Å²) in [5.74, 6) is 1.93. The van der Waals surface area contributed by atoms with Gasteiger partial charge >= 0.3 is 0 Å². The van der Waals surface area contributed by atoms with Crippen molar-refractivity contribution in [1.29, 1.82) is 0 Å². The fourth-order valence-corrected chi connectivity index (χ4v) is 7.12. The van der Waals surface area contributed by atoms with E-state index in [1.54, 1.807) is 0 Å². The Labute approximate surface area is 294 Å². The Morgan fingerprint density at radius 1 is 0.314 bits per heavy atom. The number of fused-ring (bicyclic) bond motifs is 6. The van der Waals surface area contributed by atoms with Crippen LogP contribution >= 0.6 is 0 Å². The van der Waals surface area contributed by atoms with E-state index in [-0.39, 0.29) is 0 Å². The van der Waals surface area contributed by atoms with Crippen molar-refractivity contribution in [2.45, 2.75) is 0 Å². The number of rotatable bonds is 5. The molecule has 0 aliphatic heterocycles. The maximum Gasteiger partial charge on any atom is 0.164 e. The predicted octanol–water partition coefficient (Wildman–Crippen LogP) is 12.4. The van der Waals surface area contributed by atoms with E-state index in [0.717, 1.165) is 60.5 Å². The average Bonchev–Trinajstić information content (AvgIpc) is 3.59. The zero-order chi connectivity index (χ0) is 33.7. The Hall–Kier alpha value is -6.91. The number of nitrogens with zero attached hydrogens (tertiary/aromatic N) is 3. The van der Waals surface area contributed by atoms with Gasteiger partial charge in [-0.2, -0.15) is 0 Å². The van der Waals surface area contributed by atoms with E-state index < -0.39 is 0 Å². The molecule has 0 N–H and O–H groups in total. The summed E-state index contributed by atoms with van der Waals surface area (Å²) in [6.07, 6.45) is 0. The van der Waals surface area contributed by atoms with Crippen molar-refractivity contribution < 1.29 is 4.42 Å². The third-order valence-corrected chi connectivity index (χ3v) is 9.71. The van der Waals surface area contributed by atoms with Crippen LogP contribution in [0, 0.1) is 0 Å². The van der Waals surface area contributed by atoms with E-state index >= 15 is 0 Å². The summed E-state index contributed by atoms with van der Waals surface area (Å²) >= 11 is 0. The molecule has 0 radical (unpaired) electrons. The van der Waals surface area contributed by atoms with Crippen molar-refractivity contribution >= 4 is 43.5 Å². The molecule has 0 aliphatic carbocycles. The minimum atomic E-state index is 0.634. The highest BCUT2D eigenvalue weighted by Gasteiger charge is 2.17. The van der Waals surface area contributed by atoms with Crippen molar-refractivity contribution in [2.75, 3.05) is 0 Å². The Kier molecular flexibility index (Phi) is 6.78. The van der Waals surface area contributed by atoms with Crippen LogP contribution in [0.1, 0.15) is 0 Å². The molecule has 0 amide bonds. The molecular formula is C47H29N3O. The lowest BCUT2D eigenvalue weighted by Crippen LogP contribution is -2.00. The topological polar surface area (TPSA) is 51.8 Å². The van der Waals surface area contributed by atoms with Gasteiger partial charge in [-0.05, 0) is 62.7 Å². The molecule has 238 valence electrons. The molecule has 4 nitrogen and oxygen atoms in total. The first-order chi connectivity index (χ1) is 25.2. The summed E-state index contributed by atoms with van der Waals surface area (Å²) in [4.78, 5) is 14.9. The number of hydrogen-bond donors (Lipinski definition) is 0. The third-order valence-electron chi connectivity index (χ3n) is 9.71. The first kappa shape index (κ1) is 29.0. The molecule has 0 saturated carbocycles. The van der Waals surface area contributed by atoms with Gasteiger partial charge in [0.2, 0.25) is 0 Å². The van der Waals surface area contributed by atoms with E-state index in [4.69, 9.17) is 19.4 Å². The van der Waals surface area contributed by atoms with E-state index in [1.807, 2.05) is 30.3 Å². The molecule has 2 heterocycles. The Morgan fingerprint density at radius 3 is 1.61 bits per heavy atom. The first-order valence-corrected chi connectivity index (χ1v) is 17.1. The molecule has 0 unspecified atom stereocenters. The third kappa shape index (κ3) is 5.13. The van der Waals surface area contributed by atoms with Crippen LogP contribution in [0.3, 0.4) is 0 Å². The van der Waals surface area contributed by atoms with Crippen LogP contribution in [0.5, 0.6) is 0 Å². The van der Waals surface area contributed by atoms with Crippen molar-refractivity contribution in [3.8, 4) is 56.4 Å². The molecule has 8 aromatic carbocycles. The minimum absolute atomic E-state index is 0.634. The molecule has 0 spiro atoms. The van der Waals surface area contributed by atoms with Crippen molar-refractivity contribution in [3.63, 3.8) is 0 Å². The zero-order valence-corrected chi connectivity index (χ0v) is 27.5. The fraction of sp³-hybridized carbons (Fsp3) is 0. The number of hydrogen-bond acceptors (Lipinski definition) is 4. The summed E-state index contributed by atoms with van der Waals surface area (Å²) in [5.41, 5.74) is 9.22. The summed E-state index contributed by atoms with van der Waals surface area (Å²) in [6.45, 7) is 0. The van der Waals surface area contributed by atoms with Gasteiger partial charge < -0.3 is 4.42 Å². The lowest BCUT2D eigenvalue weighted by atomic mass is 9.95.